The molecule has 0 spiro atoms. The van der Waals surface area contributed by atoms with Crippen molar-refractivity contribution in [1.29, 1.82) is 5.26 Å². The highest BCUT2D eigenvalue weighted by Gasteiger charge is 2.19. The van der Waals surface area contributed by atoms with Gasteiger partial charge in [0.25, 0.3) is 0 Å². The number of nitrogens with zero attached hydrogens (tertiary/aromatic N) is 2. The largest absolute Gasteiger partial charge is 0.493 e. The van der Waals surface area contributed by atoms with Crippen molar-refractivity contribution >= 4 is 17.6 Å². The van der Waals surface area contributed by atoms with Crippen LogP contribution >= 0.6 is 11.6 Å². The first-order chi connectivity index (χ1) is 15.0. The van der Waals surface area contributed by atoms with Gasteiger partial charge in [-0.05, 0) is 50.1 Å². The molecule has 1 heterocycles. The minimum Gasteiger partial charge on any atom is -0.493 e. The number of hydrogen-bond donors (Lipinski definition) is 0. The van der Waals surface area contributed by atoms with Gasteiger partial charge in [-0.1, -0.05) is 35.9 Å². The summed E-state index contributed by atoms with van der Waals surface area (Å²) in [6.07, 6.45) is 0.888. The van der Waals surface area contributed by atoms with Crippen LogP contribution in [0.2, 0.25) is 5.02 Å². The molecule has 0 bridgehead atoms. The van der Waals surface area contributed by atoms with E-state index in [0.717, 1.165) is 22.6 Å². The first-order valence-corrected chi connectivity index (χ1v) is 10.4. The molecule has 0 saturated heterocycles. The van der Waals surface area contributed by atoms with E-state index in [-0.39, 0.29) is 6.61 Å². The second-order valence-corrected chi connectivity index (χ2v) is 7.29. The quantitative estimate of drug-likeness (QED) is 0.428. The number of carbonyl (C=O) groups excluding carboxylic acids is 1. The number of oxazole rings is 1. The molecular weight excluding hydrogens is 416 g/mol. The fraction of sp³-hybridized carbons (Fsp3) is 0.292. The molecule has 1 unspecified atom stereocenters. The Morgan fingerprint density at radius 1 is 1.23 bits per heavy atom. The van der Waals surface area contributed by atoms with E-state index in [2.05, 4.69) is 4.98 Å². The Labute approximate surface area is 186 Å². The molecule has 0 N–H and O–H groups in total. The Hall–Kier alpha value is -3.30. The van der Waals surface area contributed by atoms with Crippen LogP contribution in [0.4, 0.5) is 0 Å². The van der Waals surface area contributed by atoms with Gasteiger partial charge in [0.05, 0.1) is 35.6 Å². The highest BCUT2D eigenvalue weighted by Crippen LogP contribution is 2.28. The molecular formula is C24H23ClN2O4. The van der Waals surface area contributed by atoms with E-state index in [9.17, 15) is 10.1 Å². The molecule has 0 amide bonds. The van der Waals surface area contributed by atoms with Crippen LogP contribution in [0.5, 0.6) is 5.75 Å². The molecule has 31 heavy (non-hydrogen) atoms. The van der Waals surface area contributed by atoms with Gasteiger partial charge in [0.15, 0.2) is 0 Å². The third kappa shape index (κ3) is 5.87. The molecule has 3 aromatic rings. The van der Waals surface area contributed by atoms with Crippen LogP contribution in [0.3, 0.4) is 0 Å². The Morgan fingerprint density at radius 2 is 1.97 bits per heavy atom. The van der Waals surface area contributed by atoms with E-state index in [1.54, 1.807) is 13.0 Å². The monoisotopic (exact) mass is 438 g/mol. The van der Waals surface area contributed by atoms with E-state index < -0.39 is 11.9 Å². The van der Waals surface area contributed by atoms with Gasteiger partial charge in [-0.15, -0.1) is 0 Å². The van der Waals surface area contributed by atoms with Crippen molar-refractivity contribution in [3.05, 3.63) is 70.6 Å². The standard InChI is InChI=1S/C24H23ClN2O4/c1-3-29-24(28)18(15-26)14-17-8-10-19(11-9-17)30-13-12-22-16(2)31-23(27-22)20-6-4-5-7-21(20)25/h4-11,18H,3,12-14H2,1-2H3. The topological polar surface area (TPSA) is 85.4 Å². The van der Waals surface area contributed by atoms with Crippen LogP contribution in [0.25, 0.3) is 11.5 Å². The zero-order valence-electron chi connectivity index (χ0n) is 17.4. The Morgan fingerprint density at radius 3 is 2.65 bits per heavy atom. The Kier molecular flexibility index (Phi) is 7.69. The van der Waals surface area contributed by atoms with Crippen molar-refractivity contribution in [2.24, 2.45) is 5.92 Å². The van der Waals surface area contributed by atoms with E-state index in [1.165, 1.54) is 0 Å². The summed E-state index contributed by atoms with van der Waals surface area (Å²) in [5.74, 6) is 0.617. The van der Waals surface area contributed by atoms with E-state index in [4.69, 9.17) is 25.5 Å². The highest BCUT2D eigenvalue weighted by molar-refractivity contribution is 6.33. The van der Waals surface area contributed by atoms with Crippen molar-refractivity contribution in [1.82, 2.24) is 4.98 Å². The van der Waals surface area contributed by atoms with Gasteiger partial charge in [0.1, 0.15) is 17.4 Å². The number of rotatable bonds is 9. The Bertz CT molecular complexity index is 1070. The molecule has 2 aromatic carbocycles. The summed E-state index contributed by atoms with van der Waals surface area (Å²) in [4.78, 5) is 16.3. The van der Waals surface area contributed by atoms with Gasteiger partial charge in [0, 0.05) is 6.42 Å². The van der Waals surface area contributed by atoms with E-state index >= 15 is 0 Å². The van der Waals surface area contributed by atoms with Crippen LogP contribution in [0.1, 0.15) is 23.9 Å². The van der Waals surface area contributed by atoms with E-state index in [0.29, 0.717) is 36.1 Å². The summed E-state index contributed by atoms with van der Waals surface area (Å²) < 4.78 is 16.5. The van der Waals surface area contributed by atoms with Crippen LogP contribution in [-0.4, -0.2) is 24.2 Å². The van der Waals surface area contributed by atoms with Gasteiger partial charge in [-0.2, -0.15) is 5.26 Å². The average molecular weight is 439 g/mol. The van der Waals surface area contributed by atoms with Crippen LogP contribution in [0, 0.1) is 24.2 Å². The number of aromatic nitrogens is 1. The third-order valence-corrected chi connectivity index (χ3v) is 5.02. The fourth-order valence-corrected chi connectivity index (χ4v) is 3.27. The molecule has 6 nitrogen and oxygen atoms in total. The van der Waals surface area contributed by atoms with Gasteiger partial charge < -0.3 is 13.9 Å². The molecule has 1 atom stereocenters. The lowest BCUT2D eigenvalue weighted by molar-refractivity contribution is -0.145. The van der Waals surface area contributed by atoms with Crippen LogP contribution < -0.4 is 4.74 Å². The zero-order valence-corrected chi connectivity index (χ0v) is 18.2. The summed E-state index contributed by atoms with van der Waals surface area (Å²) in [5.41, 5.74) is 2.44. The van der Waals surface area contributed by atoms with Crippen molar-refractivity contribution in [3.63, 3.8) is 0 Å². The molecule has 160 valence electrons. The van der Waals surface area contributed by atoms with Gasteiger partial charge in [-0.25, -0.2) is 4.98 Å². The summed E-state index contributed by atoms with van der Waals surface area (Å²) in [7, 11) is 0. The predicted octanol–water partition coefficient (Wildman–Crippen LogP) is 5.17. The third-order valence-electron chi connectivity index (χ3n) is 4.69. The normalized spacial score (nSPS) is 11.5. The molecule has 0 radical (unpaired) electrons. The lowest BCUT2D eigenvalue weighted by Gasteiger charge is -2.09. The Balaban J connectivity index is 1.55. The van der Waals surface area contributed by atoms with Crippen molar-refractivity contribution in [2.75, 3.05) is 13.2 Å². The number of halogens is 1. The minimum absolute atomic E-state index is 0.259. The number of hydrogen-bond acceptors (Lipinski definition) is 6. The van der Waals surface area contributed by atoms with Gasteiger partial charge in [-0.3, -0.25) is 4.79 Å². The van der Waals surface area contributed by atoms with Gasteiger partial charge in [0.2, 0.25) is 5.89 Å². The van der Waals surface area contributed by atoms with Crippen LogP contribution in [-0.2, 0) is 22.4 Å². The number of ether oxygens (including phenoxy) is 2. The maximum absolute atomic E-state index is 11.8. The molecule has 0 fully saturated rings. The molecule has 0 aliphatic carbocycles. The SMILES string of the molecule is CCOC(=O)C(C#N)Cc1ccc(OCCc2nc(-c3ccccc3Cl)oc2C)cc1. The smallest absolute Gasteiger partial charge is 0.323 e. The average Bonchev–Trinajstić information content (AvgIpc) is 3.13. The van der Waals surface area contributed by atoms with Crippen molar-refractivity contribution in [2.45, 2.75) is 26.7 Å². The molecule has 1 aromatic heterocycles. The highest BCUT2D eigenvalue weighted by atomic mass is 35.5. The van der Waals surface area contributed by atoms with Gasteiger partial charge >= 0.3 is 5.97 Å². The predicted molar refractivity (Wildman–Crippen MR) is 117 cm³/mol. The second kappa shape index (κ2) is 10.6. The number of esters is 1. The fourth-order valence-electron chi connectivity index (χ4n) is 3.06. The lowest BCUT2D eigenvalue weighted by Crippen LogP contribution is -2.18. The van der Waals surface area contributed by atoms with Crippen molar-refractivity contribution < 1.29 is 18.7 Å². The first-order valence-electron chi connectivity index (χ1n) is 10.0. The molecule has 0 aliphatic heterocycles. The minimum atomic E-state index is -0.811. The maximum Gasteiger partial charge on any atom is 0.323 e. The molecule has 0 saturated carbocycles. The van der Waals surface area contributed by atoms with Crippen molar-refractivity contribution in [3.8, 4) is 23.3 Å². The summed E-state index contributed by atoms with van der Waals surface area (Å²) >= 11 is 6.22. The number of benzene rings is 2. The summed E-state index contributed by atoms with van der Waals surface area (Å²) in [6.45, 7) is 4.27. The lowest BCUT2D eigenvalue weighted by atomic mass is 10.0. The number of nitriles is 1. The zero-order chi connectivity index (χ0) is 22.2. The maximum atomic E-state index is 11.8. The number of aryl methyl sites for hydroxylation is 1. The number of carbonyl (C=O) groups is 1. The van der Waals surface area contributed by atoms with Crippen LogP contribution in [0.15, 0.2) is 52.9 Å². The first kappa shape index (κ1) is 22.4. The van der Waals surface area contributed by atoms with E-state index in [1.807, 2.05) is 55.5 Å². The molecule has 3 rings (SSSR count). The summed E-state index contributed by atoms with van der Waals surface area (Å²) in [5, 5.41) is 9.77. The molecule has 7 heteroatoms. The summed E-state index contributed by atoms with van der Waals surface area (Å²) in [6, 6.07) is 16.7. The molecule has 0 aliphatic rings. The second-order valence-electron chi connectivity index (χ2n) is 6.88.